The van der Waals surface area contributed by atoms with Crippen LogP contribution in [0.1, 0.15) is 43.7 Å². The molecular weight excluding hydrogens is 314 g/mol. The summed E-state index contributed by atoms with van der Waals surface area (Å²) >= 11 is 9.57. The number of halogens is 2. The second-order valence-corrected chi connectivity index (χ2v) is 6.29. The van der Waals surface area contributed by atoms with Crippen molar-refractivity contribution in [1.29, 1.82) is 0 Å². The number of hydrogen-bond donors (Lipinski definition) is 1. The van der Waals surface area contributed by atoms with Gasteiger partial charge in [0.2, 0.25) is 0 Å². The highest BCUT2D eigenvalue weighted by atomic mass is 79.9. The molecule has 100 valence electrons. The molecule has 2 rings (SSSR count). The lowest BCUT2D eigenvalue weighted by molar-refractivity contribution is 0.391. The van der Waals surface area contributed by atoms with E-state index in [9.17, 15) is 0 Å². The average molecular weight is 333 g/mol. The summed E-state index contributed by atoms with van der Waals surface area (Å²) in [5.74, 6) is 1.56. The van der Waals surface area contributed by atoms with E-state index < -0.39 is 0 Å². The smallest absolute Gasteiger partial charge is 0.137 e. The molecule has 0 heterocycles. The van der Waals surface area contributed by atoms with E-state index in [0.29, 0.717) is 5.02 Å². The highest BCUT2D eigenvalue weighted by molar-refractivity contribution is 9.10. The first-order valence-electron chi connectivity index (χ1n) is 6.40. The van der Waals surface area contributed by atoms with Crippen molar-refractivity contribution in [3.63, 3.8) is 0 Å². The van der Waals surface area contributed by atoms with Crippen LogP contribution in [0.2, 0.25) is 5.02 Å². The van der Waals surface area contributed by atoms with E-state index in [0.717, 1.165) is 28.1 Å². The summed E-state index contributed by atoms with van der Waals surface area (Å²) in [7, 11) is 1.67. The summed E-state index contributed by atoms with van der Waals surface area (Å²) in [5.41, 5.74) is 7.33. The summed E-state index contributed by atoms with van der Waals surface area (Å²) in [4.78, 5) is 0. The van der Waals surface area contributed by atoms with Gasteiger partial charge in [-0.15, -0.1) is 0 Å². The first kappa shape index (κ1) is 14.2. The Morgan fingerprint density at radius 3 is 2.72 bits per heavy atom. The summed E-state index contributed by atoms with van der Waals surface area (Å²) < 4.78 is 6.30. The summed E-state index contributed by atoms with van der Waals surface area (Å²) in [6.07, 6.45) is 6.31. The lowest BCUT2D eigenvalue weighted by atomic mass is 9.94. The highest BCUT2D eigenvalue weighted by Gasteiger charge is 2.22. The van der Waals surface area contributed by atoms with Crippen LogP contribution in [-0.4, -0.2) is 7.11 Å². The molecule has 2 N–H and O–H groups in total. The predicted molar refractivity (Wildman–Crippen MR) is 79.2 cm³/mol. The molecule has 1 atom stereocenters. The Morgan fingerprint density at radius 2 is 2.11 bits per heavy atom. The summed E-state index contributed by atoms with van der Waals surface area (Å²) in [6.45, 7) is 0. The first-order valence-corrected chi connectivity index (χ1v) is 7.57. The molecule has 1 aromatic carbocycles. The van der Waals surface area contributed by atoms with Gasteiger partial charge < -0.3 is 10.5 Å². The van der Waals surface area contributed by atoms with Crippen LogP contribution >= 0.6 is 27.5 Å². The van der Waals surface area contributed by atoms with Crippen LogP contribution in [0, 0.1) is 5.92 Å². The van der Waals surface area contributed by atoms with Crippen molar-refractivity contribution in [2.75, 3.05) is 7.11 Å². The van der Waals surface area contributed by atoms with E-state index in [4.69, 9.17) is 22.1 Å². The quantitative estimate of drug-likeness (QED) is 0.868. The van der Waals surface area contributed by atoms with E-state index in [-0.39, 0.29) is 6.04 Å². The van der Waals surface area contributed by atoms with Crippen LogP contribution in [0.3, 0.4) is 0 Å². The summed E-state index contributed by atoms with van der Waals surface area (Å²) in [5, 5.41) is 0.694. The number of methoxy groups -OCH3 is 1. The minimum Gasteiger partial charge on any atom is -0.495 e. The van der Waals surface area contributed by atoms with Crippen molar-refractivity contribution >= 4 is 27.5 Å². The molecular formula is C14H19BrClNO. The van der Waals surface area contributed by atoms with Crippen molar-refractivity contribution in [3.8, 4) is 5.75 Å². The van der Waals surface area contributed by atoms with Gasteiger partial charge in [0.15, 0.2) is 0 Å². The minimum atomic E-state index is -0.00181. The molecule has 1 unspecified atom stereocenters. The van der Waals surface area contributed by atoms with Crippen LogP contribution in [-0.2, 0) is 0 Å². The van der Waals surface area contributed by atoms with Crippen molar-refractivity contribution < 1.29 is 4.74 Å². The Labute approximate surface area is 122 Å². The first-order chi connectivity index (χ1) is 8.61. The zero-order valence-electron chi connectivity index (χ0n) is 10.6. The Balaban J connectivity index is 2.19. The second kappa shape index (κ2) is 6.27. The van der Waals surface area contributed by atoms with Crippen molar-refractivity contribution in [1.82, 2.24) is 0 Å². The molecule has 1 aliphatic rings. The molecule has 0 radical (unpaired) electrons. The number of benzene rings is 1. The summed E-state index contributed by atoms with van der Waals surface area (Å²) in [6, 6.07) is 3.76. The Morgan fingerprint density at radius 1 is 1.44 bits per heavy atom. The molecule has 0 aromatic heterocycles. The van der Waals surface area contributed by atoms with Crippen LogP contribution in [0.5, 0.6) is 5.75 Å². The third-order valence-electron chi connectivity index (χ3n) is 3.70. The Hall–Kier alpha value is -0.250. The number of nitrogens with two attached hydrogens (primary N) is 1. The van der Waals surface area contributed by atoms with Gasteiger partial charge in [-0.25, -0.2) is 0 Å². The van der Waals surface area contributed by atoms with Gasteiger partial charge in [0.1, 0.15) is 5.75 Å². The third-order valence-corrected chi connectivity index (χ3v) is 4.51. The fraction of sp³-hybridized carbons (Fsp3) is 0.571. The zero-order chi connectivity index (χ0) is 13.1. The van der Waals surface area contributed by atoms with Gasteiger partial charge in [0.05, 0.1) is 11.6 Å². The molecule has 0 amide bonds. The normalized spacial score (nSPS) is 18.0. The average Bonchev–Trinajstić information content (AvgIpc) is 2.80. The molecule has 18 heavy (non-hydrogen) atoms. The van der Waals surface area contributed by atoms with Crippen molar-refractivity contribution in [2.24, 2.45) is 11.7 Å². The van der Waals surface area contributed by atoms with Crippen molar-refractivity contribution in [2.45, 2.75) is 38.1 Å². The molecule has 0 bridgehead atoms. The van der Waals surface area contributed by atoms with Gasteiger partial charge in [-0.1, -0.05) is 37.3 Å². The Bertz CT molecular complexity index is 419. The maximum atomic E-state index is 6.33. The fourth-order valence-corrected chi connectivity index (χ4v) is 3.80. The molecule has 4 heteroatoms. The number of ether oxygens (including phenoxy) is 1. The van der Waals surface area contributed by atoms with Gasteiger partial charge >= 0.3 is 0 Å². The molecule has 1 aliphatic carbocycles. The zero-order valence-corrected chi connectivity index (χ0v) is 12.9. The van der Waals surface area contributed by atoms with E-state index in [1.54, 1.807) is 7.11 Å². The largest absolute Gasteiger partial charge is 0.495 e. The lowest BCUT2D eigenvalue weighted by Gasteiger charge is -2.20. The van der Waals surface area contributed by atoms with E-state index >= 15 is 0 Å². The van der Waals surface area contributed by atoms with Gasteiger partial charge in [0.25, 0.3) is 0 Å². The predicted octanol–water partition coefficient (Wildman–Crippen LogP) is 4.69. The van der Waals surface area contributed by atoms with E-state index in [1.165, 1.54) is 25.7 Å². The molecule has 0 spiro atoms. The second-order valence-electron chi connectivity index (χ2n) is 5.00. The van der Waals surface area contributed by atoms with Crippen molar-refractivity contribution in [3.05, 3.63) is 27.2 Å². The Kier molecular flexibility index (Phi) is 4.93. The third kappa shape index (κ3) is 3.19. The van der Waals surface area contributed by atoms with Crippen LogP contribution < -0.4 is 10.5 Å². The van der Waals surface area contributed by atoms with Gasteiger partial charge in [-0.2, -0.15) is 0 Å². The maximum Gasteiger partial charge on any atom is 0.137 e. The van der Waals surface area contributed by atoms with Crippen LogP contribution in [0.4, 0.5) is 0 Å². The van der Waals surface area contributed by atoms with Gasteiger partial charge in [0, 0.05) is 16.6 Å². The van der Waals surface area contributed by atoms with Crippen LogP contribution in [0.15, 0.2) is 16.6 Å². The number of hydrogen-bond acceptors (Lipinski definition) is 2. The standard InChI is InChI=1S/C14H19BrClNO/c1-18-14-11(7-10(16)8-12(14)15)13(17)6-9-4-2-3-5-9/h7-9,13H,2-6,17H2,1H3. The molecule has 2 nitrogen and oxygen atoms in total. The molecule has 1 fully saturated rings. The monoisotopic (exact) mass is 331 g/mol. The fourth-order valence-electron chi connectivity index (χ4n) is 2.80. The van der Waals surface area contributed by atoms with Crippen LogP contribution in [0.25, 0.3) is 0 Å². The van der Waals surface area contributed by atoms with Gasteiger partial charge in [-0.05, 0) is 40.4 Å². The van der Waals surface area contributed by atoms with E-state index in [2.05, 4.69) is 15.9 Å². The minimum absolute atomic E-state index is 0.00181. The maximum absolute atomic E-state index is 6.33. The molecule has 1 saturated carbocycles. The van der Waals surface area contributed by atoms with E-state index in [1.807, 2.05) is 12.1 Å². The SMILES string of the molecule is COc1c(Br)cc(Cl)cc1C(N)CC1CCCC1. The molecule has 0 aliphatic heterocycles. The van der Waals surface area contributed by atoms with Gasteiger partial charge in [-0.3, -0.25) is 0 Å². The number of rotatable bonds is 4. The molecule has 1 aromatic rings. The highest BCUT2D eigenvalue weighted by Crippen LogP contribution is 2.39. The molecule has 0 saturated heterocycles. The lowest BCUT2D eigenvalue weighted by Crippen LogP contribution is -2.15. The topological polar surface area (TPSA) is 35.2 Å².